The van der Waals surface area contributed by atoms with E-state index in [1.807, 2.05) is 279 Å². The van der Waals surface area contributed by atoms with E-state index in [0.717, 1.165) is 22.3 Å². The zero-order valence-corrected chi connectivity index (χ0v) is 67.5. The van der Waals surface area contributed by atoms with Crippen molar-refractivity contribution in [2.75, 3.05) is 0 Å². The molecule has 0 aliphatic rings. The predicted molar refractivity (Wildman–Crippen MR) is 443 cm³/mol. The summed E-state index contributed by atoms with van der Waals surface area (Å²) in [7, 11) is 0. The summed E-state index contributed by atoms with van der Waals surface area (Å²) in [6.45, 7) is 72.0. The second kappa shape index (κ2) is 132. The Morgan fingerprint density at radius 2 is 0.653 bits per heavy atom. The van der Waals surface area contributed by atoms with E-state index in [1.54, 1.807) is 73.9 Å². The third-order valence-corrected chi connectivity index (χ3v) is 8.45. The fraction of sp³-hybridized carbons (Fsp3) is 0.258. The molecule has 4 nitrogen and oxygen atoms in total. The topological polar surface area (TPSA) is 51.6 Å². The molecule has 0 spiro atoms. The molecule has 4 aromatic heterocycles. The first-order chi connectivity index (χ1) is 43.2. The molecule has 4 heterocycles. The van der Waals surface area contributed by atoms with Crippen LogP contribution in [0.25, 0.3) is 0 Å². The fourth-order valence-corrected chi connectivity index (χ4v) is 4.31. The average molecular weight is 1350 g/mol. The summed E-state index contributed by atoms with van der Waals surface area (Å²) in [6.07, 6.45) is 58.8. The van der Waals surface area contributed by atoms with Crippen molar-refractivity contribution in [2.24, 2.45) is 5.92 Å². The molecule has 95 heavy (non-hydrogen) atoms. The Morgan fingerprint density at radius 3 is 0.842 bits per heavy atom. The molecule has 6 heteroatoms. The quantitative estimate of drug-likeness (QED) is 0.0428. The molecule has 0 saturated carbocycles. The normalized spacial score (nSPS) is 8.58. The number of benzene rings is 1. The van der Waals surface area contributed by atoms with Gasteiger partial charge < -0.3 is 0 Å². The van der Waals surface area contributed by atoms with Crippen LogP contribution in [0.4, 0.5) is 0 Å². The molecule has 5 aromatic rings. The molecule has 0 fully saturated rings. The minimum atomic E-state index is 0. The fourth-order valence-electron chi connectivity index (χ4n) is 4.31. The SMILES string of the molecule is C.C.C.C.C/C=C\C=C(/C)C=C(C)C=C[CH-]C.C/C=C\C=C(C)C.C=C.C=C/C=C\C(=C)C.C=C/C=C\C(=C)C(C)C(=C)/C=C\C=C.C=C/C=C\C(=C)[CH-]C.CC.CC.CC.CC.[HH].[K+].[K+].c1ccccc1.c1ccncc1.c1ccncc1.c1ccncc1.c1ccncc1. The van der Waals surface area contributed by atoms with Gasteiger partial charge in [0.05, 0.1) is 0 Å². The van der Waals surface area contributed by atoms with Gasteiger partial charge in [-0.15, -0.1) is 38.3 Å². The molecular weight excluding hydrogens is 1200 g/mol. The maximum Gasteiger partial charge on any atom is 1.00 e. The van der Waals surface area contributed by atoms with Crippen molar-refractivity contribution in [3.05, 3.63) is 404 Å². The van der Waals surface area contributed by atoms with Crippen LogP contribution in [0.15, 0.2) is 391 Å². The molecule has 0 N–H and O–H groups in total. The van der Waals surface area contributed by atoms with Gasteiger partial charge in [-0.3, -0.25) is 19.9 Å². The molecule has 0 amide bonds. The first kappa shape index (κ1) is 129. The van der Waals surface area contributed by atoms with Gasteiger partial charge in [0, 0.05) is 56.9 Å². The zero-order chi connectivity index (χ0) is 70.1. The van der Waals surface area contributed by atoms with Crippen molar-refractivity contribution >= 4 is 0 Å². The number of pyridine rings is 4. The van der Waals surface area contributed by atoms with E-state index in [4.69, 9.17) is 0 Å². The van der Waals surface area contributed by atoms with Gasteiger partial charge in [0.2, 0.25) is 0 Å². The van der Waals surface area contributed by atoms with E-state index in [0.29, 0.717) is 0 Å². The molecule has 0 saturated heterocycles. The summed E-state index contributed by atoms with van der Waals surface area (Å²) in [5.41, 5.74) is 8.03. The second-order valence-corrected chi connectivity index (χ2v) is 16.0. The Kier molecular flexibility index (Phi) is 180. The molecular formula is C89H142K2N4. The first-order valence-electron chi connectivity index (χ1n) is 30.5. The molecule has 0 unspecified atom stereocenters. The van der Waals surface area contributed by atoms with E-state index in [-0.39, 0.29) is 140 Å². The van der Waals surface area contributed by atoms with Gasteiger partial charge in [0.1, 0.15) is 0 Å². The minimum Gasteiger partial charge on any atom is -0.265 e. The Hall–Kier alpha value is -6.11. The van der Waals surface area contributed by atoms with E-state index in [2.05, 4.69) is 157 Å². The Morgan fingerprint density at radius 1 is 0.389 bits per heavy atom. The van der Waals surface area contributed by atoms with Crippen molar-refractivity contribution in [3.63, 3.8) is 0 Å². The monoisotopic (exact) mass is 1350 g/mol. The van der Waals surface area contributed by atoms with Crippen molar-refractivity contribution < 1.29 is 104 Å². The smallest absolute Gasteiger partial charge is 0.265 e. The predicted octanol–water partition coefficient (Wildman–Crippen LogP) is 23.5. The first-order valence-corrected chi connectivity index (χ1v) is 30.5. The number of rotatable bonds is 16. The van der Waals surface area contributed by atoms with Crippen molar-refractivity contribution in [2.45, 2.75) is 154 Å². The molecule has 0 radical (unpaired) electrons. The minimum absolute atomic E-state index is 0. The molecule has 0 aliphatic carbocycles. The van der Waals surface area contributed by atoms with Gasteiger partial charge in [-0.25, -0.2) is 18.6 Å². The standard InChI is InChI=1S/C14H18.C13H19.C8H11.C7H12.C7H10.C6H6.4C5H5N.4C2H6.C2H4.4CH4.2K.H2/c1-6-8-10-12(3)14(5)13(4)11-9-7-2;1-5-7-9-12(3)11-13(4)10-8-6-2;1-4-6-7-8(3)5-2;2*1-4-5-6-7(2)3;5*1-2-4-6-5-3-1;5*1-2;;;;;;;/h6-11,14H,1-4H2,5H3;5-11H,1-4H3;4-7H,1,3H2,2H3;4-6H,1-3H3;4-6H,1-2H2,3H3;1-6H;4*1-5H;4*1-2H3;1-2H2;4*1H4;;;1H/q;2*-1;;;;;;;;;;;;;;;;;2*+1;/b10-8-,11-9-;7-5-,10-8?,12-9+,13-11?;7-6-;5-4-;6-5-;;;;;;;;;;;;;;;;;. The van der Waals surface area contributed by atoms with Gasteiger partial charge >= 0.3 is 103 Å². The van der Waals surface area contributed by atoms with Gasteiger partial charge in [0.25, 0.3) is 0 Å². The summed E-state index contributed by atoms with van der Waals surface area (Å²) in [6, 6.07) is 34.9. The van der Waals surface area contributed by atoms with Gasteiger partial charge in [-0.05, 0) is 101 Å². The Balaban J connectivity index is -0.0000000476. The molecule has 0 aliphatic heterocycles. The van der Waals surface area contributed by atoms with Crippen LogP contribution in [-0.4, -0.2) is 19.9 Å². The van der Waals surface area contributed by atoms with Gasteiger partial charge in [-0.1, -0.05) is 326 Å². The van der Waals surface area contributed by atoms with Crippen LogP contribution in [0, 0.1) is 18.8 Å². The summed E-state index contributed by atoms with van der Waals surface area (Å²) >= 11 is 0. The number of hydrogen-bond donors (Lipinski definition) is 0. The van der Waals surface area contributed by atoms with Crippen LogP contribution in [-0.2, 0) is 0 Å². The largest absolute Gasteiger partial charge is 1.00 e. The number of allylic oxidation sites excluding steroid dienone is 28. The molecule has 0 bridgehead atoms. The molecule has 520 valence electrons. The van der Waals surface area contributed by atoms with Crippen molar-refractivity contribution in [3.8, 4) is 0 Å². The van der Waals surface area contributed by atoms with Gasteiger partial charge in [0.15, 0.2) is 0 Å². The molecule has 0 atom stereocenters. The number of hydrogen-bond acceptors (Lipinski definition) is 4. The Bertz CT molecular complexity index is 2180. The second-order valence-electron chi connectivity index (χ2n) is 16.0. The van der Waals surface area contributed by atoms with E-state index in [1.165, 1.54) is 16.7 Å². The third-order valence-electron chi connectivity index (χ3n) is 8.45. The Labute approximate surface area is 680 Å². The maximum absolute atomic E-state index is 3.97. The van der Waals surface area contributed by atoms with Crippen molar-refractivity contribution in [1.82, 2.24) is 19.9 Å². The average Bonchev–Trinajstić information content (AvgIpc) is 3.00. The summed E-state index contributed by atoms with van der Waals surface area (Å²) in [4.78, 5) is 15.1. The van der Waals surface area contributed by atoms with Crippen LogP contribution < -0.4 is 103 Å². The van der Waals surface area contributed by atoms with E-state index in [9.17, 15) is 0 Å². The third kappa shape index (κ3) is 149. The van der Waals surface area contributed by atoms with E-state index < -0.39 is 0 Å². The van der Waals surface area contributed by atoms with Crippen LogP contribution in [0.5, 0.6) is 0 Å². The van der Waals surface area contributed by atoms with Crippen LogP contribution >= 0.6 is 0 Å². The number of nitrogens with zero attached hydrogens (tertiary/aromatic N) is 4. The van der Waals surface area contributed by atoms with Crippen molar-refractivity contribution in [1.29, 1.82) is 0 Å². The van der Waals surface area contributed by atoms with E-state index >= 15 is 0 Å². The van der Waals surface area contributed by atoms with Crippen LogP contribution in [0.2, 0.25) is 0 Å². The molecule has 1 aromatic carbocycles. The van der Waals surface area contributed by atoms with Crippen LogP contribution in [0.1, 0.15) is 156 Å². The zero-order valence-electron chi connectivity index (χ0n) is 61.2. The van der Waals surface area contributed by atoms with Gasteiger partial charge in [-0.2, -0.15) is 24.6 Å². The molecule has 5 rings (SSSR count). The maximum atomic E-state index is 3.97. The summed E-state index contributed by atoms with van der Waals surface area (Å²) in [5.74, 6) is 0.252. The summed E-state index contributed by atoms with van der Waals surface area (Å²) < 4.78 is 0. The number of aromatic nitrogens is 4. The summed E-state index contributed by atoms with van der Waals surface area (Å²) in [5, 5.41) is 0. The van der Waals surface area contributed by atoms with Crippen LogP contribution in [0.3, 0.4) is 0 Å².